The fraction of sp³-hybridized carbons (Fsp3) is 0.462. The molecule has 3 N–H and O–H groups in total. The standard InChI is InChI=1S/C13H21N3O2S/c1-17-11-6-5-10(9-12(11)18-2)16-13(14)15-7-4-8-19-3/h5-6,9H,4,7-8H2,1-3H3,(H3,14,15,16). The first kappa shape index (κ1) is 15.5. The van der Waals surface area contributed by atoms with E-state index < -0.39 is 0 Å². The number of nitrogens with two attached hydrogens (primary N) is 1. The zero-order valence-electron chi connectivity index (χ0n) is 11.6. The van der Waals surface area contributed by atoms with Crippen molar-refractivity contribution in [1.29, 1.82) is 0 Å². The fourth-order valence-electron chi connectivity index (χ4n) is 1.51. The summed E-state index contributed by atoms with van der Waals surface area (Å²) in [7, 11) is 3.20. The lowest BCUT2D eigenvalue weighted by Gasteiger charge is -2.10. The number of thioether (sulfide) groups is 1. The highest BCUT2D eigenvalue weighted by Gasteiger charge is 2.04. The molecule has 0 saturated carbocycles. The molecule has 5 nitrogen and oxygen atoms in total. The Labute approximate surface area is 118 Å². The molecule has 1 aromatic rings. The molecule has 0 aliphatic carbocycles. The Hall–Kier alpha value is -1.56. The Kier molecular flexibility index (Phi) is 6.95. The number of ether oxygens (including phenoxy) is 2. The van der Waals surface area contributed by atoms with E-state index in [0.717, 1.165) is 24.4 Å². The van der Waals surface area contributed by atoms with Crippen LogP contribution in [0.4, 0.5) is 5.69 Å². The molecule has 0 amide bonds. The van der Waals surface area contributed by atoms with Crippen LogP contribution in [0.15, 0.2) is 23.2 Å². The minimum absolute atomic E-state index is 0.410. The van der Waals surface area contributed by atoms with Gasteiger partial charge in [0.15, 0.2) is 17.5 Å². The number of aliphatic imine (C=N–C) groups is 1. The SMILES string of the molecule is COc1ccc(NC(N)=NCCCSC)cc1OC. The Morgan fingerprint density at radius 1 is 1.32 bits per heavy atom. The number of hydrogen-bond acceptors (Lipinski definition) is 4. The van der Waals surface area contributed by atoms with Crippen LogP contribution in [-0.4, -0.2) is 38.7 Å². The maximum atomic E-state index is 5.81. The lowest BCUT2D eigenvalue weighted by molar-refractivity contribution is 0.355. The van der Waals surface area contributed by atoms with Crippen LogP contribution in [0, 0.1) is 0 Å². The van der Waals surface area contributed by atoms with Crippen LogP contribution in [0.5, 0.6) is 11.5 Å². The van der Waals surface area contributed by atoms with Gasteiger partial charge >= 0.3 is 0 Å². The van der Waals surface area contributed by atoms with Gasteiger partial charge in [0.05, 0.1) is 14.2 Å². The zero-order chi connectivity index (χ0) is 14.1. The molecule has 6 heteroatoms. The summed E-state index contributed by atoms with van der Waals surface area (Å²) in [5.41, 5.74) is 6.63. The van der Waals surface area contributed by atoms with Gasteiger partial charge in [-0.3, -0.25) is 4.99 Å². The highest BCUT2D eigenvalue weighted by atomic mass is 32.2. The average Bonchev–Trinajstić information content (AvgIpc) is 2.43. The molecule has 1 rings (SSSR count). The second-order valence-electron chi connectivity index (χ2n) is 3.81. The second kappa shape index (κ2) is 8.53. The highest BCUT2D eigenvalue weighted by Crippen LogP contribution is 2.29. The summed E-state index contributed by atoms with van der Waals surface area (Å²) in [5.74, 6) is 2.84. The van der Waals surface area contributed by atoms with E-state index in [1.165, 1.54) is 0 Å². The average molecular weight is 283 g/mol. The lowest BCUT2D eigenvalue weighted by atomic mass is 10.3. The van der Waals surface area contributed by atoms with Gasteiger partial charge in [-0.05, 0) is 30.6 Å². The number of nitrogens with one attached hydrogen (secondary N) is 1. The quantitative estimate of drug-likeness (QED) is 0.456. The van der Waals surface area contributed by atoms with Crippen molar-refractivity contribution in [2.24, 2.45) is 10.7 Å². The largest absolute Gasteiger partial charge is 0.493 e. The molecule has 0 spiro atoms. The van der Waals surface area contributed by atoms with Crippen LogP contribution in [0.1, 0.15) is 6.42 Å². The third-order valence-electron chi connectivity index (χ3n) is 2.44. The summed E-state index contributed by atoms with van der Waals surface area (Å²) in [4.78, 5) is 4.25. The summed E-state index contributed by atoms with van der Waals surface area (Å²) < 4.78 is 10.4. The summed E-state index contributed by atoms with van der Waals surface area (Å²) in [6.45, 7) is 0.729. The first-order chi connectivity index (χ1) is 9.21. The lowest BCUT2D eigenvalue weighted by Crippen LogP contribution is -2.22. The summed E-state index contributed by atoms with van der Waals surface area (Å²) >= 11 is 1.81. The van der Waals surface area contributed by atoms with Gasteiger partial charge in [-0.25, -0.2) is 0 Å². The number of methoxy groups -OCH3 is 2. The van der Waals surface area contributed by atoms with E-state index in [1.807, 2.05) is 18.2 Å². The molecular weight excluding hydrogens is 262 g/mol. The summed E-state index contributed by atoms with van der Waals surface area (Å²) in [5, 5.41) is 3.03. The number of rotatable bonds is 7. The van der Waals surface area contributed by atoms with E-state index in [0.29, 0.717) is 17.5 Å². The Morgan fingerprint density at radius 3 is 2.68 bits per heavy atom. The predicted octanol–water partition coefficient (Wildman–Crippen LogP) is 2.18. The van der Waals surface area contributed by atoms with Gasteiger partial charge < -0.3 is 20.5 Å². The maximum absolute atomic E-state index is 5.81. The van der Waals surface area contributed by atoms with Gasteiger partial charge in [0.25, 0.3) is 0 Å². The van der Waals surface area contributed by atoms with Gasteiger partial charge in [-0.1, -0.05) is 0 Å². The zero-order valence-corrected chi connectivity index (χ0v) is 12.4. The third-order valence-corrected chi connectivity index (χ3v) is 3.14. The minimum Gasteiger partial charge on any atom is -0.493 e. The van der Waals surface area contributed by atoms with Gasteiger partial charge in [-0.2, -0.15) is 11.8 Å². The molecule has 0 atom stereocenters. The highest BCUT2D eigenvalue weighted by molar-refractivity contribution is 7.98. The van der Waals surface area contributed by atoms with Crippen LogP contribution in [-0.2, 0) is 0 Å². The monoisotopic (exact) mass is 283 g/mol. The smallest absolute Gasteiger partial charge is 0.193 e. The predicted molar refractivity (Wildman–Crippen MR) is 82.7 cm³/mol. The van der Waals surface area contributed by atoms with Crippen LogP contribution in [0.3, 0.4) is 0 Å². The second-order valence-corrected chi connectivity index (χ2v) is 4.79. The Balaban J connectivity index is 2.61. The van der Waals surface area contributed by atoms with E-state index in [-0.39, 0.29) is 0 Å². The Bertz CT molecular complexity index is 424. The summed E-state index contributed by atoms with van der Waals surface area (Å²) in [6.07, 6.45) is 3.10. The maximum Gasteiger partial charge on any atom is 0.193 e. The van der Waals surface area contributed by atoms with Gasteiger partial charge in [-0.15, -0.1) is 0 Å². The third kappa shape index (κ3) is 5.30. The van der Waals surface area contributed by atoms with Crippen molar-refractivity contribution < 1.29 is 9.47 Å². The minimum atomic E-state index is 0.410. The molecule has 0 bridgehead atoms. The van der Waals surface area contributed by atoms with E-state index in [9.17, 15) is 0 Å². The molecule has 0 aliphatic heterocycles. The first-order valence-corrected chi connectivity index (χ1v) is 7.38. The van der Waals surface area contributed by atoms with Gasteiger partial charge in [0.1, 0.15) is 0 Å². The van der Waals surface area contributed by atoms with Gasteiger partial charge in [0.2, 0.25) is 0 Å². The molecule has 0 unspecified atom stereocenters. The number of nitrogens with zero attached hydrogens (tertiary/aromatic N) is 1. The van der Waals surface area contributed by atoms with Crippen LogP contribution >= 0.6 is 11.8 Å². The van der Waals surface area contributed by atoms with Crippen molar-refractivity contribution in [3.63, 3.8) is 0 Å². The van der Waals surface area contributed by atoms with Crippen LogP contribution < -0.4 is 20.5 Å². The molecule has 0 radical (unpaired) electrons. The number of guanidine groups is 1. The molecule has 0 fully saturated rings. The first-order valence-electron chi connectivity index (χ1n) is 5.99. The number of anilines is 1. The van der Waals surface area contributed by atoms with Crippen molar-refractivity contribution in [3.05, 3.63) is 18.2 Å². The van der Waals surface area contributed by atoms with E-state index in [2.05, 4.69) is 16.6 Å². The van der Waals surface area contributed by atoms with Crippen molar-refractivity contribution >= 4 is 23.4 Å². The number of hydrogen-bond donors (Lipinski definition) is 2. The normalized spacial score (nSPS) is 11.2. The summed E-state index contributed by atoms with van der Waals surface area (Å²) in [6, 6.07) is 5.51. The molecule has 0 aromatic heterocycles. The molecule has 106 valence electrons. The van der Waals surface area contributed by atoms with Gasteiger partial charge in [0, 0.05) is 18.3 Å². The topological polar surface area (TPSA) is 68.9 Å². The van der Waals surface area contributed by atoms with Crippen LogP contribution in [0.2, 0.25) is 0 Å². The fourth-order valence-corrected chi connectivity index (χ4v) is 1.93. The van der Waals surface area contributed by atoms with Crippen molar-refractivity contribution in [1.82, 2.24) is 0 Å². The van der Waals surface area contributed by atoms with Crippen molar-refractivity contribution in [3.8, 4) is 11.5 Å². The van der Waals surface area contributed by atoms with E-state index in [4.69, 9.17) is 15.2 Å². The Morgan fingerprint density at radius 2 is 2.05 bits per heavy atom. The molecule has 0 aliphatic rings. The number of benzene rings is 1. The molecule has 1 aromatic carbocycles. The van der Waals surface area contributed by atoms with Crippen molar-refractivity contribution in [2.45, 2.75) is 6.42 Å². The van der Waals surface area contributed by atoms with Crippen LogP contribution in [0.25, 0.3) is 0 Å². The van der Waals surface area contributed by atoms with E-state index >= 15 is 0 Å². The molecular formula is C13H21N3O2S. The molecule has 0 saturated heterocycles. The van der Waals surface area contributed by atoms with Crippen molar-refractivity contribution in [2.75, 3.05) is 38.1 Å². The molecule has 19 heavy (non-hydrogen) atoms. The van der Waals surface area contributed by atoms with E-state index in [1.54, 1.807) is 26.0 Å². The molecule has 0 heterocycles.